The van der Waals surface area contributed by atoms with E-state index in [0.717, 1.165) is 11.1 Å². The van der Waals surface area contributed by atoms with Gasteiger partial charge in [0, 0.05) is 6.04 Å². The van der Waals surface area contributed by atoms with E-state index < -0.39 is 6.10 Å². The molecule has 2 atom stereocenters. The number of aryl methyl sites for hydroxylation is 1. The Labute approximate surface area is 85.8 Å². The smallest absolute Gasteiger partial charge is 0.0945 e. The van der Waals surface area contributed by atoms with Gasteiger partial charge in [0.25, 0.3) is 0 Å². The lowest BCUT2D eigenvalue weighted by atomic mass is 9.92. The Bertz CT molecular complexity index is 296. The van der Waals surface area contributed by atoms with Crippen LogP contribution in [0.3, 0.4) is 0 Å². The van der Waals surface area contributed by atoms with Gasteiger partial charge < -0.3 is 10.8 Å². The fourth-order valence-corrected chi connectivity index (χ4v) is 1.49. The van der Waals surface area contributed by atoms with E-state index in [1.807, 2.05) is 45.0 Å². The lowest BCUT2D eigenvalue weighted by Crippen LogP contribution is -2.33. The van der Waals surface area contributed by atoms with Crippen molar-refractivity contribution in [1.29, 1.82) is 0 Å². The highest BCUT2D eigenvalue weighted by Gasteiger charge is 2.20. The summed E-state index contributed by atoms with van der Waals surface area (Å²) >= 11 is 0. The van der Waals surface area contributed by atoms with Gasteiger partial charge in [-0.2, -0.15) is 0 Å². The zero-order valence-electron chi connectivity index (χ0n) is 9.07. The van der Waals surface area contributed by atoms with Crippen LogP contribution in [0.1, 0.15) is 31.1 Å². The van der Waals surface area contributed by atoms with Gasteiger partial charge in [-0.1, -0.05) is 38.1 Å². The van der Waals surface area contributed by atoms with Gasteiger partial charge in [0.1, 0.15) is 0 Å². The largest absolute Gasteiger partial charge is 0.387 e. The number of aliphatic hydroxyl groups is 1. The SMILES string of the molecule is Cc1ccccc1[C@H](O)[C@@H](N)C(C)C. The molecule has 0 saturated heterocycles. The summed E-state index contributed by atoms with van der Waals surface area (Å²) in [7, 11) is 0. The second-order valence-electron chi connectivity index (χ2n) is 4.12. The second kappa shape index (κ2) is 4.58. The van der Waals surface area contributed by atoms with Crippen molar-refractivity contribution in [1.82, 2.24) is 0 Å². The fourth-order valence-electron chi connectivity index (χ4n) is 1.49. The van der Waals surface area contributed by atoms with Crippen LogP contribution in [0.15, 0.2) is 24.3 Å². The van der Waals surface area contributed by atoms with Crippen LogP contribution in [0.2, 0.25) is 0 Å². The molecule has 3 N–H and O–H groups in total. The highest BCUT2D eigenvalue weighted by molar-refractivity contribution is 5.28. The first-order valence-corrected chi connectivity index (χ1v) is 5.03. The standard InChI is InChI=1S/C12H19NO/c1-8(2)11(13)12(14)10-7-5-4-6-9(10)3/h4-8,11-12,14H,13H2,1-3H3/t11-,12-/m0/s1. The molecule has 0 aromatic heterocycles. The van der Waals surface area contributed by atoms with Crippen LogP contribution in [0.5, 0.6) is 0 Å². The summed E-state index contributed by atoms with van der Waals surface area (Å²) in [6, 6.07) is 7.62. The Morgan fingerprint density at radius 3 is 2.29 bits per heavy atom. The van der Waals surface area contributed by atoms with Gasteiger partial charge in [0.15, 0.2) is 0 Å². The summed E-state index contributed by atoms with van der Waals surface area (Å²) in [5.41, 5.74) is 7.94. The van der Waals surface area contributed by atoms with Gasteiger partial charge in [-0.15, -0.1) is 0 Å². The number of benzene rings is 1. The zero-order chi connectivity index (χ0) is 10.7. The molecule has 1 rings (SSSR count). The van der Waals surface area contributed by atoms with Gasteiger partial charge in [0.05, 0.1) is 6.10 Å². The molecule has 0 spiro atoms. The van der Waals surface area contributed by atoms with Crippen molar-refractivity contribution in [3.8, 4) is 0 Å². The summed E-state index contributed by atoms with van der Waals surface area (Å²) in [6.45, 7) is 6.03. The maximum absolute atomic E-state index is 10.0. The highest BCUT2D eigenvalue weighted by atomic mass is 16.3. The first-order valence-electron chi connectivity index (χ1n) is 5.03. The van der Waals surface area contributed by atoms with Crippen molar-refractivity contribution in [3.63, 3.8) is 0 Å². The Morgan fingerprint density at radius 2 is 1.79 bits per heavy atom. The number of nitrogens with two attached hydrogens (primary N) is 1. The van der Waals surface area contributed by atoms with Gasteiger partial charge >= 0.3 is 0 Å². The molecule has 0 amide bonds. The van der Waals surface area contributed by atoms with Crippen LogP contribution >= 0.6 is 0 Å². The van der Waals surface area contributed by atoms with E-state index in [4.69, 9.17) is 5.73 Å². The fraction of sp³-hybridized carbons (Fsp3) is 0.500. The monoisotopic (exact) mass is 193 g/mol. The van der Waals surface area contributed by atoms with Crippen molar-refractivity contribution in [3.05, 3.63) is 35.4 Å². The van der Waals surface area contributed by atoms with Crippen LogP contribution in [-0.4, -0.2) is 11.1 Å². The molecule has 0 radical (unpaired) electrons. The van der Waals surface area contributed by atoms with Crippen LogP contribution in [0.25, 0.3) is 0 Å². The summed E-state index contributed by atoms with van der Waals surface area (Å²) in [4.78, 5) is 0. The minimum atomic E-state index is -0.559. The lowest BCUT2D eigenvalue weighted by Gasteiger charge is -2.23. The Balaban J connectivity index is 2.89. The third kappa shape index (κ3) is 2.34. The van der Waals surface area contributed by atoms with Crippen LogP contribution < -0.4 is 5.73 Å². The zero-order valence-corrected chi connectivity index (χ0v) is 9.07. The first-order chi connectivity index (χ1) is 6.54. The molecule has 0 saturated carbocycles. The quantitative estimate of drug-likeness (QED) is 0.771. The third-order valence-corrected chi connectivity index (χ3v) is 2.64. The van der Waals surface area contributed by atoms with Crippen molar-refractivity contribution in [2.75, 3.05) is 0 Å². The Kier molecular flexibility index (Phi) is 3.67. The summed E-state index contributed by atoms with van der Waals surface area (Å²) in [5, 5.41) is 10.0. The molecular weight excluding hydrogens is 174 g/mol. The average Bonchev–Trinajstić information content (AvgIpc) is 2.16. The minimum absolute atomic E-state index is 0.198. The average molecular weight is 193 g/mol. The highest BCUT2D eigenvalue weighted by Crippen LogP contribution is 2.22. The number of rotatable bonds is 3. The van der Waals surface area contributed by atoms with Gasteiger partial charge in [0.2, 0.25) is 0 Å². The van der Waals surface area contributed by atoms with E-state index in [1.165, 1.54) is 0 Å². The van der Waals surface area contributed by atoms with E-state index in [2.05, 4.69) is 0 Å². The molecular formula is C12H19NO. The minimum Gasteiger partial charge on any atom is -0.387 e. The predicted molar refractivity (Wildman–Crippen MR) is 59.0 cm³/mol. The van der Waals surface area contributed by atoms with Crippen molar-refractivity contribution < 1.29 is 5.11 Å². The molecule has 1 aromatic carbocycles. The molecule has 0 aliphatic rings. The van der Waals surface area contributed by atoms with Crippen molar-refractivity contribution >= 4 is 0 Å². The number of aliphatic hydroxyl groups excluding tert-OH is 1. The molecule has 0 aliphatic carbocycles. The summed E-state index contributed by atoms with van der Waals surface area (Å²) < 4.78 is 0. The maximum Gasteiger partial charge on any atom is 0.0945 e. The predicted octanol–water partition coefficient (Wildman–Crippen LogP) is 2.01. The summed E-state index contributed by atoms with van der Waals surface area (Å²) in [6.07, 6.45) is -0.559. The van der Waals surface area contributed by atoms with Crippen molar-refractivity contribution in [2.45, 2.75) is 32.9 Å². The molecule has 0 bridgehead atoms. The topological polar surface area (TPSA) is 46.2 Å². The molecule has 0 fully saturated rings. The number of hydrogen-bond acceptors (Lipinski definition) is 2. The van der Waals surface area contributed by atoms with E-state index >= 15 is 0 Å². The Hall–Kier alpha value is -0.860. The second-order valence-corrected chi connectivity index (χ2v) is 4.12. The Morgan fingerprint density at radius 1 is 1.21 bits per heavy atom. The van der Waals surface area contributed by atoms with E-state index in [9.17, 15) is 5.11 Å². The van der Waals surface area contributed by atoms with Crippen LogP contribution in [0.4, 0.5) is 0 Å². The molecule has 2 nitrogen and oxygen atoms in total. The molecule has 1 aromatic rings. The third-order valence-electron chi connectivity index (χ3n) is 2.64. The van der Waals surface area contributed by atoms with E-state index in [1.54, 1.807) is 0 Å². The maximum atomic E-state index is 10.0. The molecule has 2 heteroatoms. The van der Waals surface area contributed by atoms with E-state index in [-0.39, 0.29) is 12.0 Å². The van der Waals surface area contributed by atoms with Crippen LogP contribution in [0, 0.1) is 12.8 Å². The number of hydrogen-bond donors (Lipinski definition) is 2. The van der Waals surface area contributed by atoms with Crippen molar-refractivity contribution in [2.24, 2.45) is 11.7 Å². The molecule has 0 aliphatic heterocycles. The molecule has 0 unspecified atom stereocenters. The lowest BCUT2D eigenvalue weighted by molar-refractivity contribution is 0.125. The molecule has 78 valence electrons. The van der Waals surface area contributed by atoms with Gasteiger partial charge in [-0.25, -0.2) is 0 Å². The van der Waals surface area contributed by atoms with Gasteiger partial charge in [-0.3, -0.25) is 0 Å². The van der Waals surface area contributed by atoms with Gasteiger partial charge in [-0.05, 0) is 24.0 Å². The molecule has 14 heavy (non-hydrogen) atoms. The van der Waals surface area contributed by atoms with Crippen LogP contribution in [-0.2, 0) is 0 Å². The first kappa shape index (κ1) is 11.2. The molecule has 0 heterocycles. The normalized spacial score (nSPS) is 15.6. The summed E-state index contributed by atoms with van der Waals surface area (Å²) in [5.74, 6) is 0.282. The van der Waals surface area contributed by atoms with E-state index in [0.29, 0.717) is 0 Å².